The quantitative estimate of drug-likeness (QED) is 0.880. The molecule has 4 nitrogen and oxygen atoms in total. The highest BCUT2D eigenvalue weighted by Crippen LogP contribution is 2.26. The van der Waals surface area contributed by atoms with Crippen molar-refractivity contribution in [3.05, 3.63) is 23.8 Å². The summed E-state index contributed by atoms with van der Waals surface area (Å²) in [6.07, 6.45) is 2.93. The lowest BCUT2D eigenvalue weighted by atomic mass is 10.0. The number of benzene rings is 1. The Morgan fingerprint density at radius 1 is 1.41 bits per heavy atom. The molecule has 5 heteroatoms. The summed E-state index contributed by atoms with van der Waals surface area (Å²) in [4.78, 5) is 11.2. The first kappa shape index (κ1) is 12.1. The van der Waals surface area contributed by atoms with Gasteiger partial charge in [-0.25, -0.2) is 0 Å². The number of amides is 1. The average Bonchev–Trinajstić information content (AvgIpc) is 2.29. The highest BCUT2D eigenvalue weighted by molar-refractivity contribution is 7.84. The van der Waals surface area contributed by atoms with E-state index in [4.69, 9.17) is 4.74 Å². The highest BCUT2D eigenvalue weighted by Gasteiger charge is 2.14. The Hall–Kier alpha value is -1.36. The van der Waals surface area contributed by atoms with Gasteiger partial charge in [-0.1, -0.05) is 0 Å². The number of anilines is 1. The maximum atomic E-state index is 11.2. The van der Waals surface area contributed by atoms with Crippen molar-refractivity contribution in [1.29, 1.82) is 0 Å². The number of carbonyl (C=O) groups excluding carboxylic acids is 1. The number of hydrogen-bond acceptors (Lipinski definition) is 3. The molecule has 0 bridgehead atoms. The smallest absolute Gasteiger partial charge is 0.224 e. The van der Waals surface area contributed by atoms with Crippen molar-refractivity contribution in [2.45, 2.75) is 12.8 Å². The third kappa shape index (κ3) is 3.30. The van der Waals surface area contributed by atoms with Crippen molar-refractivity contribution in [2.75, 3.05) is 23.9 Å². The van der Waals surface area contributed by atoms with Crippen molar-refractivity contribution in [3.8, 4) is 5.75 Å². The Balaban J connectivity index is 2.01. The van der Waals surface area contributed by atoms with Crippen LogP contribution in [0.15, 0.2) is 18.2 Å². The molecule has 0 spiro atoms. The number of rotatable bonds is 4. The van der Waals surface area contributed by atoms with E-state index in [1.807, 2.05) is 18.2 Å². The van der Waals surface area contributed by atoms with Crippen LogP contribution < -0.4 is 10.1 Å². The van der Waals surface area contributed by atoms with Crippen LogP contribution in [0, 0.1) is 0 Å². The van der Waals surface area contributed by atoms with Crippen LogP contribution in [0.1, 0.15) is 12.0 Å². The monoisotopic (exact) mass is 253 g/mol. The van der Waals surface area contributed by atoms with Crippen LogP contribution in [-0.2, 0) is 22.0 Å². The summed E-state index contributed by atoms with van der Waals surface area (Å²) in [7, 11) is -0.828. The molecule has 92 valence electrons. The minimum Gasteiger partial charge on any atom is -0.493 e. The van der Waals surface area contributed by atoms with E-state index in [0.29, 0.717) is 18.8 Å². The molecule has 0 saturated carbocycles. The van der Waals surface area contributed by atoms with Crippen LogP contribution in [0.25, 0.3) is 0 Å². The van der Waals surface area contributed by atoms with E-state index in [1.54, 1.807) is 6.26 Å². The summed E-state index contributed by atoms with van der Waals surface area (Å²) in [6, 6.07) is 5.61. The predicted octanol–water partition coefficient (Wildman–Crippen LogP) is 1.33. The van der Waals surface area contributed by atoms with E-state index < -0.39 is 10.8 Å². The van der Waals surface area contributed by atoms with Gasteiger partial charge in [-0.3, -0.25) is 9.00 Å². The normalized spacial score (nSPS) is 15.9. The largest absolute Gasteiger partial charge is 0.493 e. The van der Waals surface area contributed by atoms with E-state index in [2.05, 4.69) is 5.32 Å². The van der Waals surface area contributed by atoms with Crippen molar-refractivity contribution in [3.63, 3.8) is 0 Å². The van der Waals surface area contributed by atoms with Crippen LogP contribution in [0.5, 0.6) is 5.75 Å². The van der Waals surface area contributed by atoms with Crippen LogP contribution in [-0.4, -0.2) is 28.7 Å². The lowest BCUT2D eigenvalue weighted by molar-refractivity contribution is -0.116. The lowest BCUT2D eigenvalue weighted by Crippen LogP contribution is -2.18. The molecule has 1 unspecified atom stereocenters. The van der Waals surface area contributed by atoms with Crippen molar-refractivity contribution in [1.82, 2.24) is 0 Å². The second kappa shape index (κ2) is 5.31. The molecule has 0 fully saturated rings. The molecule has 2 rings (SSSR count). The molecule has 0 radical (unpaired) electrons. The van der Waals surface area contributed by atoms with Gasteiger partial charge in [0.1, 0.15) is 5.75 Å². The van der Waals surface area contributed by atoms with Gasteiger partial charge < -0.3 is 10.1 Å². The molecule has 0 aromatic heterocycles. The number of fused-ring (bicyclic) bond motifs is 1. The molecule has 0 aliphatic carbocycles. The second-order valence-electron chi connectivity index (χ2n) is 3.99. The zero-order valence-corrected chi connectivity index (χ0v) is 10.5. The van der Waals surface area contributed by atoms with E-state index >= 15 is 0 Å². The van der Waals surface area contributed by atoms with Crippen molar-refractivity contribution in [2.24, 2.45) is 0 Å². The molecule has 1 aliphatic heterocycles. The number of hydrogen-bond donors (Lipinski definition) is 1. The van der Waals surface area contributed by atoms with E-state index in [9.17, 15) is 9.00 Å². The Morgan fingerprint density at radius 3 is 3.00 bits per heavy atom. The maximum Gasteiger partial charge on any atom is 0.224 e. The van der Waals surface area contributed by atoms with Crippen LogP contribution >= 0.6 is 0 Å². The van der Waals surface area contributed by atoms with Gasteiger partial charge in [-0.15, -0.1) is 0 Å². The fraction of sp³-hybridized carbons (Fsp3) is 0.417. The lowest BCUT2D eigenvalue weighted by Gasteiger charge is -2.17. The fourth-order valence-electron chi connectivity index (χ4n) is 1.73. The van der Waals surface area contributed by atoms with Gasteiger partial charge in [-0.05, 0) is 30.2 Å². The third-order valence-corrected chi connectivity index (χ3v) is 3.35. The van der Waals surface area contributed by atoms with E-state index in [1.165, 1.54) is 0 Å². The van der Waals surface area contributed by atoms with Crippen LogP contribution in [0.2, 0.25) is 0 Å². The number of nitrogens with one attached hydrogen (secondary N) is 1. The molecule has 1 aromatic carbocycles. The summed E-state index contributed by atoms with van der Waals surface area (Å²) in [5.41, 5.74) is 1.97. The first-order valence-electron chi connectivity index (χ1n) is 5.51. The minimum atomic E-state index is -0.828. The summed E-state index contributed by atoms with van der Waals surface area (Å²) >= 11 is 0. The van der Waals surface area contributed by atoms with Gasteiger partial charge in [-0.2, -0.15) is 0 Å². The third-order valence-electron chi connectivity index (χ3n) is 2.61. The van der Waals surface area contributed by atoms with E-state index in [0.717, 1.165) is 23.4 Å². The fourth-order valence-corrected chi connectivity index (χ4v) is 2.04. The maximum absolute atomic E-state index is 11.2. The Labute approximate surface area is 103 Å². The Bertz CT molecular complexity index is 459. The predicted molar refractivity (Wildman–Crippen MR) is 67.8 cm³/mol. The number of ether oxygens (including phenoxy) is 1. The molecule has 1 amide bonds. The summed E-state index contributed by atoms with van der Waals surface area (Å²) in [6.45, 7) is 0.453. The van der Waals surface area contributed by atoms with Gasteiger partial charge in [0.05, 0.1) is 12.4 Å². The standard InChI is InChI=1S/C12H15NO3S/c1-17(15)7-6-16-10-3-4-11-9(8-10)2-5-12(14)13-11/h3-4,8H,2,5-7H2,1H3,(H,13,14). The minimum absolute atomic E-state index is 0.0625. The van der Waals surface area contributed by atoms with Crippen molar-refractivity contribution >= 4 is 22.4 Å². The van der Waals surface area contributed by atoms with Crippen molar-refractivity contribution < 1.29 is 13.7 Å². The van der Waals surface area contributed by atoms with Gasteiger partial charge in [0.15, 0.2) is 0 Å². The molecule has 1 aliphatic rings. The van der Waals surface area contributed by atoms with Crippen LogP contribution in [0.3, 0.4) is 0 Å². The summed E-state index contributed by atoms with van der Waals surface area (Å²) in [5.74, 6) is 1.37. The van der Waals surface area contributed by atoms with Gasteiger partial charge in [0.2, 0.25) is 5.91 Å². The van der Waals surface area contributed by atoms with Gasteiger partial charge in [0.25, 0.3) is 0 Å². The second-order valence-corrected chi connectivity index (χ2v) is 5.55. The molecular weight excluding hydrogens is 238 g/mol. The summed E-state index contributed by atoms with van der Waals surface area (Å²) in [5, 5.41) is 2.82. The number of aryl methyl sites for hydroxylation is 1. The molecule has 1 atom stereocenters. The Morgan fingerprint density at radius 2 is 2.24 bits per heavy atom. The molecule has 1 N–H and O–H groups in total. The molecule has 1 heterocycles. The zero-order valence-electron chi connectivity index (χ0n) is 9.69. The first-order valence-corrected chi connectivity index (χ1v) is 7.23. The van der Waals surface area contributed by atoms with E-state index in [-0.39, 0.29) is 5.91 Å². The highest BCUT2D eigenvalue weighted by atomic mass is 32.2. The number of carbonyl (C=O) groups is 1. The van der Waals surface area contributed by atoms with Gasteiger partial charge in [0, 0.05) is 29.2 Å². The zero-order chi connectivity index (χ0) is 12.3. The Kier molecular flexibility index (Phi) is 3.78. The molecule has 17 heavy (non-hydrogen) atoms. The summed E-state index contributed by atoms with van der Waals surface area (Å²) < 4.78 is 16.4. The average molecular weight is 253 g/mol. The topological polar surface area (TPSA) is 55.4 Å². The van der Waals surface area contributed by atoms with Gasteiger partial charge >= 0.3 is 0 Å². The molecule has 1 aromatic rings. The molecule has 0 saturated heterocycles. The van der Waals surface area contributed by atoms with Crippen LogP contribution in [0.4, 0.5) is 5.69 Å². The molecular formula is C12H15NO3S. The SMILES string of the molecule is CS(=O)CCOc1ccc2c(c1)CCC(=O)N2. The first-order chi connectivity index (χ1) is 8.15.